The normalized spacial score (nSPS) is 18.9. The maximum Gasteiger partial charge on any atom is 0.338 e. The molecular formula is C23H25NO5. The number of fused-ring (bicyclic) bond motifs is 1. The molecule has 0 spiro atoms. The summed E-state index contributed by atoms with van der Waals surface area (Å²) in [7, 11) is 0. The number of carbonyl (C=O) groups excluding carboxylic acids is 2. The summed E-state index contributed by atoms with van der Waals surface area (Å²) in [5, 5.41) is 0. The van der Waals surface area contributed by atoms with Crippen LogP contribution in [0.1, 0.15) is 35.7 Å². The Morgan fingerprint density at radius 3 is 2.72 bits per heavy atom. The molecule has 0 bridgehead atoms. The summed E-state index contributed by atoms with van der Waals surface area (Å²) in [4.78, 5) is 26.9. The lowest BCUT2D eigenvalue weighted by Gasteiger charge is -2.21. The van der Waals surface area contributed by atoms with Gasteiger partial charge >= 0.3 is 5.97 Å². The van der Waals surface area contributed by atoms with Crippen LogP contribution in [0.25, 0.3) is 0 Å². The molecule has 6 nitrogen and oxygen atoms in total. The van der Waals surface area contributed by atoms with E-state index in [0.717, 1.165) is 37.1 Å². The fraction of sp³-hybridized carbons (Fsp3) is 0.391. The maximum atomic E-state index is 12.8. The smallest absolute Gasteiger partial charge is 0.338 e. The number of para-hydroxylation sites is 1. The molecule has 1 amide bonds. The summed E-state index contributed by atoms with van der Waals surface area (Å²) in [5.74, 6) is -0.0568. The highest BCUT2D eigenvalue weighted by atomic mass is 16.5. The van der Waals surface area contributed by atoms with Crippen LogP contribution in [0.4, 0.5) is 5.69 Å². The average Bonchev–Trinajstić information content (AvgIpc) is 3.42. The van der Waals surface area contributed by atoms with Crippen LogP contribution in [0.2, 0.25) is 0 Å². The molecule has 2 aliphatic rings. The van der Waals surface area contributed by atoms with Crippen molar-refractivity contribution < 1.29 is 23.8 Å². The SMILES string of the molecule is C[C@H](OC(=O)c1ccc(OC[C@@H]2CCCO2)cc1)C(=O)N1CCc2ccccc21. The van der Waals surface area contributed by atoms with Gasteiger partial charge in [0.1, 0.15) is 12.4 Å². The van der Waals surface area contributed by atoms with Gasteiger partial charge in [0, 0.05) is 18.8 Å². The molecule has 0 aromatic heterocycles. The van der Waals surface area contributed by atoms with E-state index in [2.05, 4.69) is 0 Å². The van der Waals surface area contributed by atoms with E-state index < -0.39 is 12.1 Å². The number of hydrogen-bond acceptors (Lipinski definition) is 5. The van der Waals surface area contributed by atoms with Crippen LogP contribution in [-0.4, -0.2) is 43.8 Å². The van der Waals surface area contributed by atoms with Gasteiger partial charge in [0.25, 0.3) is 5.91 Å². The highest BCUT2D eigenvalue weighted by molar-refractivity contribution is 6.00. The molecule has 2 aliphatic heterocycles. The standard InChI is InChI=1S/C23H25NO5/c1-16(22(25)24-13-12-17-5-2-3-7-21(17)24)29-23(26)18-8-10-19(11-9-18)28-15-20-6-4-14-27-20/h2-3,5,7-11,16,20H,4,6,12-15H2,1H3/t16-,20-/m0/s1. The summed E-state index contributed by atoms with van der Waals surface area (Å²) in [6.45, 7) is 3.52. The van der Waals surface area contributed by atoms with Crippen molar-refractivity contribution in [3.8, 4) is 5.75 Å². The highest BCUT2D eigenvalue weighted by Crippen LogP contribution is 2.28. The molecule has 152 valence electrons. The van der Waals surface area contributed by atoms with Crippen molar-refractivity contribution in [3.63, 3.8) is 0 Å². The lowest BCUT2D eigenvalue weighted by atomic mass is 10.2. The molecule has 6 heteroatoms. The van der Waals surface area contributed by atoms with Gasteiger partial charge in [-0.15, -0.1) is 0 Å². The Morgan fingerprint density at radius 1 is 1.17 bits per heavy atom. The summed E-state index contributed by atoms with van der Waals surface area (Å²) in [6, 6.07) is 14.6. The number of ether oxygens (including phenoxy) is 3. The highest BCUT2D eigenvalue weighted by Gasteiger charge is 2.30. The number of nitrogens with zero attached hydrogens (tertiary/aromatic N) is 1. The van der Waals surface area contributed by atoms with E-state index in [4.69, 9.17) is 14.2 Å². The van der Waals surface area contributed by atoms with Crippen LogP contribution in [0, 0.1) is 0 Å². The molecule has 2 aromatic carbocycles. The Labute approximate surface area is 170 Å². The molecule has 0 N–H and O–H groups in total. The number of hydrogen-bond donors (Lipinski definition) is 0. The molecule has 0 unspecified atom stereocenters. The predicted octanol–water partition coefficient (Wildman–Crippen LogP) is 3.38. The van der Waals surface area contributed by atoms with Crippen LogP contribution in [0.15, 0.2) is 48.5 Å². The van der Waals surface area contributed by atoms with E-state index >= 15 is 0 Å². The Balaban J connectivity index is 1.32. The van der Waals surface area contributed by atoms with E-state index in [-0.39, 0.29) is 12.0 Å². The van der Waals surface area contributed by atoms with Crippen molar-refractivity contribution in [2.24, 2.45) is 0 Å². The van der Waals surface area contributed by atoms with Crippen LogP contribution < -0.4 is 9.64 Å². The number of amides is 1. The zero-order valence-electron chi connectivity index (χ0n) is 16.5. The largest absolute Gasteiger partial charge is 0.491 e. The monoisotopic (exact) mass is 395 g/mol. The van der Waals surface area contributed by atoms with Gasteiger partial charge < -0.3 is 19.1 Å². The third kappa shape index (κ3) is 4.43. The summed E-state index contributed by atoms with van der Waals surface area (Å²) >= 11 is 0. The lowest BCUT2D eigenvalue weighted by molar-refractivity contribution is -0.126. The molecule has 2 heterocycles. The van der Waals surface area contributed by atoms with Crippen LogP contribution in [-0.2, 0) is 20.7 Å². The molecule has 1 saturated heterocycles. The number of anilines is 1. The van der Waals surface area contributed by atoms with E-state index in [9.17, 15) is 9.59 Å². The number of esters is 1. The molecule has 29 heavy (non-hydrogen) atoms. The Morgan fingerprint density at radius 2 is 1.97 bits per heavy atom. The van der Waals surface area contributed by atoms with Gasteiger partial charge in [-0.1, -0.05) is 18.2 Å². The van der Waals surface area contributed by atoms with Crippen molar-refractivity contribution in [1.82, 2.24) is 0 Å². The maximum absolute atomic E-state index is 12.8. The topological polar surface area (TPSA) is 65.1 Å². The van der Waals surface area contributed by atoms with Gasteiger partial charge in [-0.2, -0.15) is 0 Å². The van der Waals surface area contributed by atoms with Crippen LogP contribution in [0.5, 0.6) is 5.75 Å². The first-order valence-corrected chi connectivity index (χ1v) is 10.1. The van der Waals surface area contributed by atoms with Gasteiger partial charge in [-0.05, 0) is 62.1 Å². The predicted molar refractivity (Wildman–Crippen MR) is 108 cm³/mol. The second kappa shape index (κ2) is 8.66. The van der Waals surface area contributed by atoms with E-state index in [0.29, 0.717) is 24.5 Å². The Bertz CT molecular complexity index is 873. The molecular weight excluding hydrogens is 370 g/mol. The molecule has 0 radical (unpaired) electrons. The van der Waals surface area contributed by atoms with E-state index in [1.54, 1.807) is 36.1 Å². The minimum Gasteiger partial charge on any atom is -0.491 e. The average molecular weight is 395 g/mol. The first-order chi connectivity index (χ1) is 14.1. The van der Waals surface area contributed by atoms with Gasteiger partial charge in [0.05, 0.1) is 11.7 Å². The number of benzene rings is 2. The molecule has 0 aliphatic carbocycles. The quantitative estimate of drug-likeness (QED) is 0.702. The van der Waals surface area contributed by atoms with Crippen LogP contribution >= 0.6 is 0 Å². The van der Waals surface area contributed by atoms with Gasteiger partial charge in [0.15, 0.2) is 6.10 Å². The first kappa shape index (κ1) is 19.5. The molecule has 1 fully saturated rings. The van der Waals surface area contributed by atoms with Crippen molar-refractivity contribution in [2.45, 2.75) is 38.4 Å². The van der Waals surface area contributed by atoms with Crippen molar-refractivity contribution >= 4 is 17.6 Å². The molecule has 4 rings (SSSR count). The molecule has 2 aromatic rings. The zero-order chi connectivity index (χ0) is 20.2. The second-order valence-electron chi connectivity index (χ2n) is 7.39. The fourth-order valence-corrected chi connectivity index (χ4v) is 3.72. The van der Waals surface area contributed by atoms with Gasteiger partial charge in [0.2, 0.25) is 0 Å². The summed E-state index contributed by atoms with van der Waals surface area (Å²) in [6.07, 6.45) is 2.18. The fourth-order valence-electron chi connectivity index (χ4n) is 3.72. The Kier molecular flexibility index (Phi) is 5.81. The minimum atomic E-state index is -0.857. The number of carbonyl (C=O) groups is 2. The van der Waals surface area contributed by atoms with E-state index in [1.807, 2.05) is 24.3 Å². The van der Waals surface area contributed by atoms with Crippen molar-refractivity contribution in [1.29, 1.82) is 0 Å². The third-order valence-electron chi connectivity index (χ3n) is 5.33. The Hall–Kier alpha value is -2.86. The lowest BCUT2D eigenvalue weighted by Crippen LogP contribution is -2.39. The summed E-state index contributed by atoms with van der Waals surface area (Å²) in [5.41, 5.74) is 2.42. The van der Waals surface area contributed by atoms with Crippen molar-refractivity contribution in [3.05, 3.63) is 59.7 Å². The van der Waals surface area contributed by atoms with Crippen molar-refractivity contribution in [2.75, 3.05) is 24.7 Å². The number of rotatable bonds is 6. The van der Waals surface area contributed by atoms with Gasteiger partial charge in [-0.3, -0.25) is 4.79 Å². The second-order valence-corrected chi connectivity index (χ2v) is 7.39. The molecule has 2 atom stereocenters. The first-order valence-electron chi connectivity index (χ1n) is 10.1. The minimum absolute atomic E-state index is 0.141. The molecule has 0 saturated carbocycles. The van der Waals surface area contributed by atoms with E-state index in [1.165, 1.54) is 0 Å². The summed E-state index contributed by atoms with van der Waals surface area (Å²) < 4.78 is 16.7. The van der Waals surface area contributed by atoms with Gasteiger partial charge in [-0.25, -0.2) is 4.79 Å². The van der Waals surface area contributed by atoms with Crippen LogP contribution in [0.3, 0.4) is 0 Å². The zero-order valence-corrected chi connectivity index (χ0v) is 16.5. The third-order valence-corrected chi connectivity index (χ3v) is 5.33.